The van der Waals surface area contributed by atoms with E-state index in [-0.39, 0.29) is 41.1 Å². The average molecular weight is 641 g/mol. The van der Waals surface area contributed by atoms with Crippen molar-refractivity contribution < 1.29 is 38.2 Å². The number of nitrogens with zero attached hydrogens (tertiary/aromatic N) is 1. The fourth-order valence-electron chi connectivity index (χ4n) is 8.46. The van der Waals surface area contributed by atoms with Crippen LogP contribution in [0.3, 0.4) is 0 Å². The molecule has 0 radical (unpaired) electrons. The molecule has 4 bridgehead atoms. The number of rotatable bonds is 15. The van der Waals surface area contributed by atoms with Gasteiger partial charge in [0.15, 0.2) is 0 Å². The van der Waals surface area contributed by atoms with Crippen molar-refractivity contribution in [2.75, 3.05) is 58.0 Å². The highest BCUT2D eigenvalue weighted by molar-refractivity contribution is 6.25. The van der Waals surface area contributed by atoms with Crippen molar-refractivity contribution in [2.24, 2.45) is 17.6 Å². The van der Waals surface area contributed by atoms with Gasteiger partial charge in [-0.3, -0.25) is 29.4 Å². The first-order chi connectivity index (χ1) is 22.2. The standard InChI is InChI=1S/C32H44N6O8/c33-31-15-20-14-21(16-31)18-32(17-20,19-31)37-30(43)35-7-9-45-11-13-46-12-10-44-8-6-34-23-3-1-2-22-26(23)29(42)38(28(22)41)24-4-5-25(39)36-27(24)40/h1-3,20-21,24,34H,4-19,33H2,(H2,35,37,43)(H,36,39,40). The van der Waals surface area contributed by atoms with Crippen LogP contribution in [0.25, 0.3) is 0 Å². The number of carbonyl (C=O) groups excluding carboxylic acids is 5. The molecule has 1 aromatic carbocycles. The van der Waals surface area contributed by atoms with Gasteiger partial charge in [0.1, 0.15) is 6.04 Å². The molecule has 1 saturated heterocycles. The molecular formula is C32H44N6O8. The van der Waals surface area contributed by atoms with Crippen LogP contribution in [-0.4, -0.2) is 104 Å². The zero-order valence-corrected chi connectivity index (χ0v) is 26.1. The molecule has 2 heterocycles. The van der Waals surface area contributed by atoms with Gasteiger partial charge >= 0.3 is 6.03 Å². The first-order valence-electron chi connectivity index (χ1n) is 16.3. The number of imide groups is 2. The van der Waals surface area contributed by atoms with Gasteiger partial charge in [-0.15, -0.1) is 0 Å². The number of hydrogen-bond acceptors (Lipinski definition) is 10. The Balaban J connectivity index is 0.800. The number of anilines is 1. The summed E-state index contributed by atoms with van der Waals surface area (Å²) >= 11 is 0. The predicted octanol–water partition coefficient (Wildman–Crippen LogP) is 0.899. The lowest BCUT2D eigenvalue weighted by Crippen LogP contribution is -2.69. The largest absolute Gasteiger partial charge is 0.382 e. The second kappa shape index (κ2) is 13.6. The second-order valence-corrected chi connectivity index (χ2v) is 13.4. The number of amides is 6. The molecule has 7 rings (SSSR count). The SMILES string of the molecule is NC12CC3CC(C1)CC(NC(=O)NCCOCCOCCOCCNc1cccc4c1C(=O)N(C1CCC(=O)NC1=O)C4=O)(C3)C2. The fraction of sp³-hybridized carbons (Fsp3) is 0.656. The van der Waals surface area contributed by atoms with Crippen LogP contribution >= 0.6 is 0 Å². The number of fused-ring (bicyclic) bond motifs is 1. The first kappa shape index (κ1) is 32.4. The van der Waals surface area contributed by atoms with Crippen LogP contribution in [0, 0.1) is 11.8 Å². The summed E-state index contributed by atoms with van der Waals surface area (Å²) in [4.78, 5) is 63.4. The Bertz CT molecular complexity index is 1360. The van der Waals surface area contributed by atoms with Crippen LogP contribution in [0.5, 0.6) is 0 Å². The Hall–Kier alpha value is -3.59. The number of piperidine rings is 1. The number of urea groups is 1. The Labute approximate surface area is 267 Å². The minimum absolute atomic E-state index is 0.0677. The van der Waals surface area contributed by atoms with Gasteiger partial charge in [-0.2, -0.15) is 0 Å². The molecule has 0 aromatic heterocycles. The summed E-state index contributed by atoms with van der Waals surface area (Å²) < 4.78 is 16.7. The normalized spacial score (nSPS) is 29.6. The minimum Gasteiger partial charge on any atom is -0.382 e. The summed E-state index contributed by atoms with van der Waals surface area (Å²) in [5.74, 6) is -0.896. The average Bonchev–Trinajstić information content (AvgIpc) is 3.23. The van der Waals surface area contributed by atoms with Gasteiger partial charge in [0.25, 0.3) is 11.8 Å². The molecule has 4 saturated carbocycles. The van der Waals surface area contributed by atoms with E-state index in [9.17, 15) is 24.0 Å². The molecule has 6 N–H and O–H groups in total. The number of ether oxygens (including phenoxy) is 3. The summed E-state index contributed by atoms with van der Waals surface area (Å²) in [6.07, 6.45) is 6.55. The maximum atomic E-state index is 13.1. The Morgan fingerprint density at radius 1 is 0.913 bits per heavy atom. The molecule has 0 spiro atoms. The first-order valence-corrected chi connectivity index (χ1v) is 16.3. The molecular weight excluding hydrogens is 596 g/mol. The van der Waals surface area contributed by atoms with E-state index < -0.39 is 29.7 Å². The van der Waals surface area contributed by atoms with Crippen LogP contribution in [0.15, 0.2) is 18.2 Å². The van der Waals surface area contributed by atoms with Crippen molar-refractivity contribution in [1.29, 1.82) is 0 Å². The van der Waals surface area contributed by atoms with E-state index in [1.807, 2.05) is 0 Å². The molecule has 6 aliphatic rings. The van der Waals surface area contributed by atoms with Crippen molar-refractivity contribution in [2.45, 2.75) is 68.5 Å². The third-order valence-electron chi connectivity index (χ3n) is 9.79. The lowest BCUT2D eigenvalue weighted by atomic mass is 9.50. The van der Waals surface area contributed by atoms with Gasteiger partial charge in [0.2, 0.25) is 11.8 Å². The van der Waals surface area contributed by atoms with Crippen molar-refractivity contribution >= 4 is 35.3 Å². The summed E-state index contributed by atoms with van der Waals surface area (Å²) in [6, 6.07) is 3.76. The third kappa shape index (κ3) is 7.04. The fourth-order valence-corrected chi connectivity index (χ4v) is 8.46. The lowest BCUT2D eigenvalue weighted by Gasteiger charge is -2.60. The minimum atomic E-state index is -1.01. The van der Waals surface area contributed by atoms with Crippen LogP contribution < -0.4 is 27.0 Å². The molecule has 250 valence electrons. The second-order valence-electron chi connectivity index (χ2n) is 13.4. The van der Waals surface area contributed by atoms with Crippen molar-refractivity contribution in [3.05, 3.63) is 29.3 Å². The van der Waals surface area contributed by atoms with Gasteiger partial charge in [0, 0.05) is 36.3 Å². The van der Waals surface area contributed by atoms with E-state index in [1.165, 1.54) is 6.42 Å². The monoisotopic (exact) mass is 640 g/mol. The molecule has 5 fully saturated rings. The van der Waals surface area contributed by atoms with Gasteiger partial charge in [-0.05, 0) is 68.9 Å². The smallest absolute Gasteiger partial charge is 0.315 e. The number of nitrogens with one attached hydrogen (secondary N) is 4. The maximum Gasteiger partial charge on any atom is 0.315 e. The van der Waals surface area contributed by atoms with E-state index in [0.717, 1.165) is 37.0 Å². The Morgan fingerprint density at radius 3 is 2.26 bits per heavy atom. The Morgan fingerprint density at radius 2 is 1.59 bits per heavy atom. The molecule has 2 aliphatic heterocycles. The predicted molar refractivity (Wildman–Crippen MR) is 165 cm³/mol. The molecule has 14 heteroatoms. The molecule has 3 unspecified atom stereocenters. The van der Waals surface area contributed by atoms with Crippen LogP contribution in [-0.2, 0) is 23.8 Å². The third-order valence-corrected chi connectivity index (χ3v) is 9.79. The summed E-state index contributed by atoms with van der Waals surface area (Å²) in [5.41, 5.74) is 7.27. The lowest BCUT2D eigenvalue weighted by molar-refractivity contribution is -0.136. The molecule has 46 heavy (non-hydrogen) atoms. The zero-order valence-electron chi connectivity index (χ0n) is 26.1. The van der Waals surface area contributed by atoms with E-state index in [0.29, 0.717) is 70.3 Å². The number of hydrogen-bond donors (Lipinski definition) is 5. The highest BCUT2D eigenvalue weighted by Gasteiger charge is 2.56. The highest BCUT2D eigenvalue weighted by Crippen LogP contribution is 2.56. The number of benzene rings is 1. The zero-order chi connectivity index (χ0) is 32.3. The van der Waals surface area contributed by atoms with Crippen molar-refractivity contribution in [3.8, 4) is 0 Å². The van der Waals surface area contributed by atoms with Gasteiger partial charge < -0.3 is 35.9 Å². The van der Waals surface area contributed by atoms with Crippen LogP contribution in [0.2, 0.25) is 0 Å². The topological polar surface area (TPSA) is 190 Å². The van der Waals surface area contributed by atoms with Crippen LogP contribution in [0.4, 0.5) is 10.5 Å². The molecule has 3 atom stereocenters. The Kier molecular flexibility index (Phi) is 9.59. The van der Waals surface area contributed by atoms with Crippen LogP contribution in [0.1, 0.15) is 72.1 Å². The maximum absolute atomic E-state index is 13.1. The molecule has 4 aliphatic carbocycles. The van der Waals surface area contributed by atoms with Crippen molar-refractivity contribution in [3.63, 3.8) is 0 Å². The summed E-state index contributed by atoms with van der Waals surface area (Å²) in [7, 11) is 0. The van der Waals surface area contributed by atoms with Gasteiger partial charge in [-0.25, -0.2) is 4.79 Å². The van der Waals surface area contributed by atoms with E-state index in [4.69, 9.17) is 19.9 Å². The van der Waals surface area contributed by atoms with Gasteiger partial charge in [0.05, 0.1) is 50.8 Å². The molecule has 1 aromatic rings. The molecule has 14 nitrogen and oxygen atoms in total. The van der Waals surface area contributed by atoms with Crippen molar-refractivity contribution in [1.82, 2.24) is 20.9 Å². The quantitative estimate of drug-likeness (QED) is 0.136. The number of nitrogens with two attached hydrogens (primary N) is 1. The summed E-state index contributed by atoms with van der Waals surface area (Å²) in [6.45, 7) is 3.07. The number of carbonyl (C=O) groups is 5. The summed E-state index contributed by atoms with van der Waals surface area (Å²) in [5, 5.41) is 11.5. The van der Waals surface area contributed by atoms with E-state index >= 15 is 0 Å². The van der Waals surface area contributed by atoms with E-state index in [1.54, 1.807) is 18.2 Å². The van der Waals surface area contributed by atoms with E-state index in [2.05, 4.69) is 21.3 Å². The van der Waals surface area contributed by atoms with Gasteiger partial charge in [-0.1, -0.05) is 6.07 Å². The highest BCUT2D eigenvalue weighted by atomic mass is 16.5. The molecule has 6 amide bonds.